The summed E-state index contributed by atoms with van der Waals surface area (Å²) in [6, 6.07) is 9.28. The van der Waals surface area contributed by atoms with E-state index in [1.54, 1.807) is 6.07 Å². The zero-order valence-electron chi connectivity index (χ0n) is 19.6. The number of halogens is 4. The molecule has 4 aromatic rings. The molecule has 0 radical (unpaired) electrons. The number of amides is 1. The van der Waals surface area contributed by atoms with Crippen LogP contribution in [0.2, 0.25) is 5.02 Å². The van der Waals surface area contributed by atoms with Gasteiger partial charge in [-0.1, -0.05) is 37.9 Å². The average molecular weight is 582 g/mol. The second kappa shape index (κ2) is 11.3. The van der Waals surface area contributed by atoms with Crippen molar-refractivity contribution in [1.29, 1.82) is 0 Å². The van der Waals surface area contributed by atoms with E-state index in [2.05, 4.69) is 48.3 Å². The number of hydrogen-bond donors (Lipinski definition) is 2. The standard InChI is InChI=1S/C24H24BrClF2N6O2/c1-3-5-11-29-22(35)17(4-2)30-24-31-19-15(7-6-8-16(19)25)21-32-20(33-34(21)24)14-10-9-13(26)12-18(14)36-23(27)28/h6-10,12,17,23H,3-5,11H2,1-2H3,(H,29,35)(H,30,31)/t17-/m1/s1. The van der Waals surface area contributed by atoms with Crippen molar-refractivity contribution in [3.63, 3.8) is 0 Å². The van der Waals surface area contributed by atoms with E-state index in [0.717, 1.165) is 17.3 Å². The van der Waals surface area contributed by atoms with Crippen molar-refractivity contribution in [2.75, 3.05) is 11.9 Å². The van der Waals surface area contributed by atoms with Gasteiger partial charge in [-0.2, -0.15) is 13.3 Å². The van der Waals surface area contributed by atoms with E-state index in [0.29, 0.717) is 29.5 Å². The van der Waals surface area contributed by atoms with E-state index in [1.807, 2.05) is 25.1 Å². The Balaban J connectivity index is 1.84. The maximum Gasteiger partial charge on any atom is 0.387 e. The molecule has 2 aromatic heterocycles. The molecule has 1 atom stereocenters. The van der Waals surface area contributed by atoms with Crippen molar-refractivity contribution in [2.24, 2.45) is 0 Å². The molecule has 4 rings (SSSR count). The van der Waals surface area contributed by atoms with Gasteiger partial charge in [-0.25, -0.2) is 9.97 Å². The number of nitrogens with one attached hydrogen (secondary N) is 2. The molecular weight excluding hydrogens is 558 g/mol. The van der Waals surface area contributed by atoms with Gasteiger partial charge in [0.15, 0.2) is 11.5 Å². The number of carbonyl (C=O) groups is 1. The number of unbranched alkanes of at least 4 members (excludes halogenated alkanes) is 1. The fraction of sp³-hybridized carbons (Fsp3) is 0.333. The Hall–Kier alpha value is -3.05. The lowest BCUT2D eigenvalue weighted by atomic mass is 10.2. The third-order valence-electron chi connectivity index (χ3n) is 5.51. The molecule has 12 heteroatoms. The first-order valence-electron chi connectivity index (χ1n) is 11.5. The second-order valence-electron chi connectivity index (χ2n) is 8.01. The summed E-state index contributed by atoms with van der Waals surface area (Å²) in [5, 5.41) is 11.6. The van der Waals surface area contributed by atoms with Gasteiger partial charge in [-0.15, -0.1) is 5.10 Å². The first-order chi connectivity index (χ1) is 17.3. The van der Waals surface area contributed by atoms with Gasteiger partial charge in [-0.3, -0.25) is 4.79 Å². The number of benzene rings is 2. The normalized spacial score (nSPS) is 12.3. The van der Waals surface area contributed by atoms with Gasteiger partial charge >= 0.3 is 6.61 Å². The minimum Gasteiger partial charge on any atom is -0.434 e. The highest BCUT2D eigenvalue weighted by Crippen LogP contribution is 2.34. The van der Waals surface area contributed by atoms with E-state index in [-0.39, 0.29) is 34.0 Å². The van der Waals surface area contributed by atoms with Gasteiger partial charge in [0.25, 0.3) is 0 Å². The second-order valence-corrected chi connectivity index (χ2v) is 9.30. The first-order valence-corrected chi connectivity index (χ1v) is 12.6. The van der Waals surface area contributed by atoms with E-state index >= 15 is 0 Å². The van der Waals surface area contributed by atoms with E-state index in [4.69, 9.17) is 16.6 Å². The number of nitrogens with zero attached hydrogens (tertiary/aromatic N) is 4. The molecule has 0 fully saturated rings. The Morgan fingerprint density at radius 3 is 2.75 bits per heavy atom. The predicted octanol–water partition coefficient (Wildman–Crippen LogP) is 6.07. The number of carbonyl (C=O) groups excluding carboxylic acids is 1. The summed E-state index contributed by atoms with van der Waals surface area (Å²) < 4.78 is 33.0. The van der Waals surface area contributed by atoms with Gasteiger partial charge in [0, 0.05) is 21.4 Å². The molecule has 2 aromatic carbocycles. The third-order valence-corrected chi connectivity index (χ3v) is 6.39. The van der Waals surface area contributed by atoms with Crippen molar-refractivity contribution in [3.8, 4) is 17.1 Å². The fourth-order valence-electron chi connectivity index (χ4n) is 3.70. The predicted molar refractivity (Wildman–Crippen MR) is 139 cm³/mol. The van der Waals surface area contributed by atoms with Crippen molar-refractivity contribution in [2.45, 2.75) is 45.8 Å². The highest BCUT2D eigenvalue weighted by atomic mass is 79.9. The third kappa shape index (κ3) is 5.52. The van der Waals surface area contributed by atoms with Crippen LogP contribution >= 0.6 is 27.5 Å². The Morgan fingerprint density at radius 1 is 1.22 bits per heavy atom. The molecule has 0 saturated carbocycles. The van der Waals surface area contributed by atoms with Crippen molar-refractivity contribution in [3.05, 3.63) is 45.9 Å². The summed E-state index contributed by atoms with van der Waals surface area (Å²) in [6.45, 7) is 1.47. The molecule has 0 aliphatic rings. The molecule has 190 valence electrons. The molecule has 0 aliphatic carbocycles. The average Bonchev–Trinajstić information content (AvgIpc) is 3.28. The summed E-state index contributed by atoms with van der Waals surface area (Å²) in [5.41, 5.74) is 1.27. The summed E-state index contributed by atoms with van der Waals surface area (Å²) in [6.07, 6.45) is 2.35. The Kier molecular flexibility index (Phi) is 8.20. The van der Waals surface area contributed by atoms with Crippen molar-refractivity contribution in [1.82, 2.24) is 24.9 Å². The lowest BCUT2D eigenvalue weighted by Gasteiger charge is -2.18. The number of alkyl halides is 2. The van der Waals surface area contributed by atoms with Gasteiger partial charge in [-0.05, 0) is 59.1 Å². The highest BCUT2D eigenvalue weighted by molar-refractivity contribution is 9.10. The minimum atomic E-state index is -3.05. The number of hydrogen-bond acceptors (Lipinski definition) is 6. The zero-order valence-corrected chi connectivity index (χ0v) is 21.9. The molecule has 0 aliphatic heterocycles. The minimum absolute atomic E-state index is 0.139. The van der Waals surface area contributed by atoms with Crippen LogP contribution in [-0.4, -0.2) is 44.7 Å². The molecule has 36 heavy (non-hydrogen) atoms. The van der Waals surface area contributed by atoms with Crippen LogP contribution < -0.4 is 15.4 Å². The quantitative estimate of drug-likeness (QED) is 0.221. The molecule has 2 heterocycles. The SMILES string of the molecule is CCCCNC(=O)[C@@H](CC)Nc1nc2c(Br)cccc2c2nc(-c3ccc(Cl)cc3OC(F)F)nn12. The number of anilines is 1. The lowest BCUT2D eigenvalue weighted by Crippen LogP contribution is -2.40. The van der Waals surface area contributed by atoms with Crippen LogP contribution in [0.4, 0.5) is 14.7 Å². The van der Waals surface area contributed by atoms with E-state index < -0.39 is 12.7 Å². The largest absolute Gasteiger partial charge is 0.434 e. The highest BCUT2D eigenvalue weighted by Gasteiger charge is 2.23. The zero-order chi connectivity index (χ0) is 25.8. The van der Waals surface area contributed by atoms with Crippen LogP contribution in [0.15, 0.2) is 40.9 Å². The summed E-state index contributed by atoms with van der Waals surface area (Å²) in [5.74, 6) is 0.118. The molecule has 0 spiro atoms. The number of rotatable bonds is 10. The number of ether oxygens (including phenoxy) is 1. The maximum atomic E-state index is 13.1. The van der Waals surface area contributed by atoms with Crippen LogP contribution in [0, 0.1) is 0 Å². The maximum absolute atomic E-state index is 13.1. The molecule has 8 nitrogen and oxygen atoms in total. The van der Waals surface area contributed by atoms with Crippen molar-refractivity contribution < 1.29 is 18.3 Å². The molecule has 0 bridgehead atoms. The molecular formula is C24H24BrClF2N6O2. The van der Waals surface area contributed by atoms with Crippen molar-refractivity contribution >= 4 is 55.9 Å². The van der Waals surface area contributed by atoms with E-state index in [1.165, 1.54) is 16.6 Å². The summed E-state index contributed by atoms with van der Waals surface area (Å²) in [7, 11) is 0. The Bertz CT molecular complexity index is 1400. The fourth-order valence-corrected chi connectivity index (χ4v) is 4.32. The van der Waals surface area contributed by atoms with Gasteiger partial charge in [0.1, 0.15) is 11.8 Å². The Labute approximate surface area is 219 Å². The van der Waals surface area contributed by atoms with Crippen LogP contribution in [-0.2, 0) is 4.79 Å². The van der Waals surface area contributed by atoms with Gasteiger partial charge < -0.3 is 15.4 Å². The summed E-state index contributed by atoms with van der Waals surface area (Å²) in [4.78, 5) is 22.1. The monoisotopic (exact) mass is 580 g/mol. The molecule has 2 N–H and O–H groups in total. The van der Waals surface area contributed by atoms with Gasteiger partial charge in [0.2, 0.25) is 11.9 Å². The van der Waals surface area contributed by atoms with Crippen LogP contribution in [0.25, 0.3) is 27.9 Å². The Morgan fingerprint density at radius 2 is 2.03 bits per heavy atom. The summed E-state index contributed by atoms with van der Waals surface area (Å²) >= 11 is 9.53. The van der Waals surface area contributed by atoms with Gasteiger partial charge in [0.05, 0.1) is 11.1 Å². The van der Waals surface area contributed by atoms with Crippen LogP contribution in [0.3, 0.4) is 0 Å². The van der Waals surface area contributed by atoms with Crippen LogP contribution in [0.1, 0.15) is 33.1 Å². The molecule has 0 unspecified atom stereocenters. The van der Waals surface area contributed by atoms with E-state index in [9.17, 15) is 13.6 Å². The number of fused-ring (bicyclic) bond motifs is 3. The number of aromatic nitrogens is 4. The topological polar surface area (TPSA) is 93.4 Å². The first kappa shape index (κ1) is 26.0. The lowest BCUT2D eigenvalue weighted by molar-refractivity contribution is -0.121. The van der Waals surface area contributed by atoms with Crippen LogP contribution in [0.5, 0.6) is 5.75 Å². The molecule has 1 amide bonds. The number of para-hydroxylation sites is 1. The smallest absolute Gasteiger partial charge is 0.387 e. The molecule has 0 saturated heterocycles.